The second kappa shape index (κ2) is 10.7. The predicted octanol–water partition coefficient (Wildman–Crippen LogP) is 6.79. The van der Waals surface area contributed by atoms with Crippen molar-refractivity contribution in [3.8, 4) is 22.9 Å². The van der Waals surface area contributed by atoms with Crippen molar-refractivity contribution >= 4 is 17.1 Å². The Kier molecular flexibility index (Phi) is 7.57. The fourth-order valence-electron chi connectivity index (χ4n) is 3.66. The zero-order valence-electron chi connectivity index (χ0n) is 21.5. The molecule has 0 spiro atoms. The van der Waals surface area contributed by atoms with Crippen molar-refractivity contribution in [2.45, 2.75) is 33.9 Å². The van der Waals surface area contributed by atoms with Gasteiger partial charge in [-0.05, 0) is 60.4 Å². The van der Waals surface area contributed by atoms with Gasteiger partial charge in [0.15, 0.2) is 17.3 Å². The molecule has 0 aliphatic carbocycles. The van der Waals surface area contributed by atoms with Gasteiger partial charge < -0.3 is 9.47 Å². The van der Waals surface area contributed by atoms with Gasteiger partial charge in [-0.25, -0.2) is 4.98 Å². The summed E-state index contributed by atoms with van der Waals surface area (Å²) < 4.78 is 52.9. The molecule has 0 fully saturated rings. The maximum atomic E-state index is 13.4. The molecule has 1 aromatic heterocycles. The Morgan fingerprint density at radius 3 is 2.42 bits per heavy atom. The minimum Gasteiger partial charge on any atom is -0.490 e. The van der Waals surface area contributed by atoms with Gasteiger partial charge in [-0.3, -0.25) is 4.79 Å². The summed E-state index contributed by atoms with van der Waals surface area (Å²) in [6.07, 6.45) is -3.11. The van der Waals surface area contributed by atoms with Crippen LogP contribution in [0, 0.1) is 5.41 Å². The van der Waals surface area contributed by atoms with Crippen molar-refractivity contribution in [3.05, 3.63) is 88.2 Å². The van der Waals surface area contributed by atoms with Crippen molar-refractivity contribution in [3.63, 3.8) is 0 Å². The van der Waals surface area contributed by atoms with Crippen LogP contribution in [0.2, 0.25) is 0 Å². The van der Waals surface area contributed by atoms with Gasteiger partial charge in [0.2, 0.25) is 0 Å². The first-order valence-electron chi connectivity index (χ1n) is 12.1. The molecule has 0 N–H and O–H groups in total. The minimum atomic E-state index is -4.55. The third-order valence-electron chi connectivity index (χ3n) is 5.45. The Hall–Kier alpha value is -4.14. The lowest BCUT2D eigenvalue weighted by Crippen LogP contribution is -2.20. The molecule has 9 heteroatoms. The van der Waals surface area contributed by atoms with Gasteiger partial charge in [0.05, 0.1) is 35.9 Å². The highest BCUT2D eigenvalue weighted by molar-refractivity contribution is 5.82. The number of ether oxygens (including phenoxy) is 2. The molecule has 0 aliphatic rings. The van der Waals surface area contributed by atoms with Crippen LogP contribution in [0.15, 0.2) is 76.6 Å². The third-order valence-corrected chi connectivity index (χ3v) is 5.45. The second-order valence-corrected chi connectivity index (χ2v) is 9.88. The largest absolute Gasteiger partial charge is 0.490 e. The lowest BCUT2D eigenvalue weighted by atomic mass is 9.99. The molecule has 0 saturated heterocycles. The normalized spacial score (nSPS) is 12.3. The number of nitrogens with zero attached hydrogens (tertiary/aromatic N) is 3. The second-order valence-electron chi connectivity index (χ2n) is 9.88. The van der Waals surface area contributed by atoms with E-state index in [9.17, 15) is 18.0 Å². The van der Waals surface area contributed by atoms with E-state index in [0.29, 0.717) is 41.2 Å². The average Bonchev–Trinajstić information content (AvgIpc) is 2.87. The Balaban J connectivity index is 1.80. The molecule has 38 heavy (non-hydrogen) atoms. The molecule has 4 rings (SSSR count). The van der Waals surface area contributed by atoms with Gasteiger partial charge in [-0.1, -0.05) is 45.0 Å². The predicted molar refractivity (Wildman–Crippen MR) is 142 cm³/mol. The van der Waals surface area contributed by atoms with Crippen LogP contribution in [-0.2, 0) is 6.18 Å². The lowest BCUT2D eigenvalue weighted by Gasteiger charge is -2.20. The van der Waals surface area contributed by atoms with E-state index in [4.69, 9.17) is 9.47 Å². The molecule has 3 aromatic carbocycles. The molecule has 6 nitrogen and oxygen atoms in total. The molecule has 1 heterocycles. The van der Waals surface area contributed by atoms with Gasteiger partial charge in [0.1, 0.15) is 0 Å². The van der Waals surface area contributed by atoms with Gasteiger partial charge >= 0.3 is 6.18 Å². The molecule has 198 valence electrons. The summed E-state index contributed by atoms with van der Waals surface area (Å²) in [5.41, 5.74) is -0.328. The van der Waals surface area contributed by atoms with E-state index in [2.05, 4.69) is 30.9 Å². The van der Waals surface area contributed by atoms with Gasteiger partial charge in [0, 0.05) is 5.56 Å². The molecule has 0 atom stereocenters. The van der Waals surface area contributed by atoms with E-state index in [-0.39, 0.29) is 16.8 Å². The molecule has 0 saturated carbocycles. The van der Waals surface area contributed by atoms with E-state index in [1.165, 1.54) is 18.3 Å². The number of rotatable bonds is 7. The first-order chi connectivity index (χ1) is 18.0. The zero-order valence-corrected chi connectivity index (χ0v) is 21.5. The van der Waals surface area contributed by atoms with Crippen molar-refractivity contribution in [1.82, 2.24) is 9.66 Å². The summed E-state index contributed by atoms with van der Waals surface area (Å²) in [7, 11) is 0. The first kappa shape index (κ1) is 26.9. The average molecular weight is 524 g/mol. The summed E-state index contributed by atoms with van der Waals surface area (Å²) in [6, 6.07) is 16.5. The van der Waals surface area contributed by atoms with Crippen LogP contribution >= 0.6 is 0 Å². The monoisotopic (exact) mass is 523 g/mol. The van der Waals surface area contributed by atoms with E-state index >= 15 is 0 Å². The quantitative estimate of drug-likeness (QED) is 0.250. The summed E-state index contributed by atoms with van der Waals surface area (Å²) in [6.45, 7) is 8.94. The third kappa shape index (κ3) is 6.22. The van der Waals surface area contributed by atoms with Crippen molar-refractivity contribution in [2.75, 3.05) is 13.2 Å². The minimum absolute atomic E-state index is 0.00814. The van der Waals surface area contributed by atoms with Crippen LogP contribution in [0.5, 0.6) is 11.5 Å². The zero-order chi connectivity index (χ0) is 27.5. The number of para-hydroxylation sites is 1. The number of fused-ring (bicyclic) bond motifs is 1. The van der Waals surface area contributed by atoms with Gasteiger partial charge in [-0.2, -0.15) is 22.9 Å². The number of hydrogen-bond donors (Lipinski definition) is 0. The fourth-order valence-corrected chi connectivity index (χ4v) is 3.66. The molecule has 0 bridgehead atoms. The van der Waals surface area contributed by atoms with Crippen LogP contribution in [-0.4, -0.2) is 29.1 Å². The summed E-state index contributed by atoms with van der Waals surface area (Å²) in [5.74, 6) is 1.09. The van der Waals surface area contributed by atoms with Crippen LogP contribution in [0.4, 0.5) is 13.2 Å². The lowest BCUT2D eigenvalue weighted by molar-refractivity contribution is -0.137. The standard InChI is InChI=1S/C29H28F3N3O3/c1-5-37-25-15-19(13-14-24(25)38-18-28(2,3)4)17-33-35-26(20-9-8-10-21(16-20)29(30,31)32)34-23-12-7-6-11-22(23)27(35)36/h6-17H,5,18H2,1-4H3. The summed E-state index contributed by atoms with van der Waals surface area (Å²) >= 11 is 0. The van der Waals surface area contributed by atoms with E-state index in [1.807, 2.05) is 6.92 Å². The SMILES string of the molecule is CCOc1cc(C=Nn2c(-c3cccc(C(F)(F)F)c3)nc3ccccc3c2=O)ccc1OCC(C)(C)C. The van der Waals surface area contributed by atoms with E-state index in [0.717, 1.165) is 16.8 Å². The van der Waals surface area contributed by atoms with Crippen LogP contribution < -0.4 is 15.0 Å². The van der Waals surface area contributed by atoms with Gasteiger partial charge in [-0.15, -0.1) is 0 Å². The van der Waals surface area contributed by atoms with E-state index < -0.39 is 17.3 Å². The van der Waals surface area contributed by atoms with Crippen LogP contribution in [0.3, 0.4) is 0 Å². The highest BCUT2D eigenvalue weighted by Crippen LogP contribution is 2.32. The van der Waals surface area contributed by atoms with Crippen molar-refractivity contribution < 1.29 is 22.6 Å². The highest BCUT2D eigenvalue weighted by atomic mass is 19.4. The molecule has 0 unspecified atom stereocenters. The summed E-state index contributed by atoms with van der Waals surface area (Å²) in [4.78, 5) is 17.9. The van der Waals surface area contributed by atoms with E-state index in [1.54, 1.807) is 42.5 Å². The highest BCUT2D eigenvalue weighted by Gasteiger charge is 2.31. The fraction of sp³-hybridized carbons (Fsp3) is 0.276. The Morgan fingerprint density at radius 2 is 1.71 bits per heavy atom. The number of benzene rings is 3. The van der Waals surface area contributed by atoms with Crippen molar-refractivity contribution in [1.29, 1.82) is 0 Å². The number of alkyl halides is 3. The smallest absolute Gasteiger partial charge is 0.416 e. The van der Waals surface area contributed by atoms with Crippen molar-refractivity contribution in [2.24, 2.45) is 10.5 Å². The number of halogens is 3. The maximum absolute atomic E-state index is 13.4. The first-order valence-corrected chi connectivity index (χ1v) is 12.1. The topological polar surface area (TPSA) is 65.7 Å². The van der Waals surface area contributed by atoms with Gasteiger partial charge in [0.25, 0.3) is 5.56 Å². The number of hydrogen-bond acceptors (Lipinski definition) is 5. The Labute approximate surface area is 218 Å². The van der Waals surface area contributed by atoms with Crippen LogP contribution in [0.1, 0.15) is 38.8 Å². The molecule has 0 radical (unpaired) electrons. The maximum Gasteiger partial charge on any atom is 0.416 e. The van der Waals surface area contributed by atoms with Crippen LogP contribution in [0.25, 0.3) is 22.3 Å². The molecule has 0 aliphatic heterocycles. The molecule has 4 aromatic rings. The molecular formula is C29H28F3N3O3. The molecular weight excluding hydrogens is 495 g/mol. The Bertz CT molecular complexity index is 1540. The number of aromatic nitrogens is 2. The molecule has 0 amide bonds. The Morgan fingerprint density at radius 1 is 0.947 bits per heavy atom. The summed E-state index contributed by atoms with van der Waals surface area (Å²) in [5, 5.41) is 4.64.